The molecule has 1 fully saturated rings. The van der Waals surface area contributed by atoms with Gasteiger partial charge in [-0.3, -0.25) is 14.7 Å². The topological polar surface area (TPSA) is 86.9 Å². The molecule has 2 amide bonds. The molecule has 1 saturated heterocycles. The van der Waals surface area contributed by atoms with E-state index in [1.165, 1.54) is 0 Å². The normalized spacial score (nSPS) is 19.4. The Morgan fingerprint density at radius 2 is 2.15 bits per heavy atom. The molecule has 1 aromatic heterocycles. The van der Waals surface area contributed by atoms with E-state index in [4.69, 9.17) is 0 Å². The molecule has 3 rings (SSSR count). The van der Waals surface area contributed by atoms with Crippen LogP contribution >= 0.6 is 0 Å². The summed E-state index contributed by atoms with van der Waals surface area (Å²) in [5, 5.41) is 13.2. The minimum atomic E-state index is -0.472. The van der Waals surface area contributed by atoms with E-state index in [0.717, 1.165) is 23.7 Å². The molecule has 6 heteroatoms. The van der Waals surface area contributed by atoms with Crippen molar-refractivity contribution in [2.45, 2.75) is 25.3 Å². The first-order valence-corrected chi connectivity index (χ1v) is 6.77. The summed E-state index contributed by atoms with van der Waals surface area (Å²) < 4.78 is 0. The third-order valence-corrected chi connectivity index (χ3v) is 3.53. The fourth-order valence-corrected chi connectivity index (χ4v) is 2.44. The Morgan fingerprint density at radius 1 is 1.30 bits per heavy atom. The molecule has 0 aliphatic carbocycles. The molecule has 0 bridgehead atoms. The number of aromatic amines is 1. The van der Waals surface area contributed by atoms with Crippen LogP contribution in [0.4, 0.5) is 0 Å². The molecule has 0 radical (unpaired) electrons. The van der Waals surface area contributed by atoms with Gasteiger partial charge in [0.25, 0.3) is 5.91 Å². The summed E-state index contributed by atoms with van der Waals surface area (Å²) in [6, 6.07) is 6.95. The highest BCUT2D eigenvalue weighted by atomic mass is 16.2. The van der Waals surface area contributed by atoms with E-state index in [2.05, 4.69) is 20.8 Å². The van der Waals surface area contributed by atoms with Crippen molar-refractivity contribution in [3.63, 3.8) is 0 Å². The minimum absolute atomic E-state index is 0.115. The fraction of sp³-hybridized carbons (Fsp3) is 0.357. The second-order valence-electron chi connectivity index (χ2n) is 4.93. The van der Waals surface area contributed by atoms with Gasteiger partial charge in [-0.1, -0.05) is 18.2 Å². The average molecular weight is 272 g/mol. The van der Waals surface area contributed by atoms with Gasteiger partial charge < -0.3 is 10.6 Å². The third-order valence-electron chi connectivity index (χ3n) is 3.53. The zero-order chi connectivity index (χ0) is 13.9. The first-order chi connectivity index (χ1) is 9.75. The van der Waals surface area contributed by atoms with Gasteiger partial charge in [-0.15, -0.1) is 0 Å². The number of amides is 2. The first kappa shape index (κ1) is 12.7. The second-order valence-corrected chi connectivity index (χ2v) is 4.93. The number of rotatable bonds is 2. The maximum Gasteiger partial charge on any atom is 0.273 e. The molecule has 1 aromatic carbocycles. The number of H-pyrrole nitrogens is 1. The Labute approximate surface area is 115 Å². The van der Waals surface area contributed by atoms with Crippen LogP contribution in [0.2, 0.25) is 0 Å². The summed E-state index contributed by atoms with van der Waals surface area (Å²) in [6.45, 7) is 0.677. The predicted octanol–water partition coefficient (Wildman–Crippen LogP) is 0.961. The number of nitrogens with zero attached hydrogens (tertiary/aromatic N) is 1. The van der Waals surface area contributed by atoms with Gasteiger partial charge >= 0.3 is 0 Å². The van der Waals surface area contributed by atoms with Crippen molar-refractivity contribution in [1.29, 1.82) is 0 Å². The van der Waals surface area contributed by atoms with Crippen LogP contribution in [0, 0.1) is 0 Å². The highest BCUT2D eigenvalue weighted by Crippen LogP contribution is 2.15. The highest BCUT2D eigenvalue weighted by Gasteiger charge is 2.24. The van der Waals surface area contributed by atoms with Gasteiger partial charge in [0.15, 0.2) is 5.69 Å². The zero-order valence-electron chi connectivity index (χ0n) is 11.0. The van der Waals surface area contributed by atoms with Gasteiger partial charge in [-0.25, -0.2) is 0 Å². The van der Waals surface area contributed by atoms with Crippen LogP contribution in [0.1, 0.15) is 29.8 Å². The largest absolute Gasteiger partial charge is 0.354 e. The molecule has 3 N–H and O–H groups in total. The predicted molar refractivity (Wildman–Crippen MR) is 74.2 cm³/mol. The lowest BCUT2D eigenvalue weighted by Gasteiger charge is -2.14. The monoisotopic (exact) mass is 272 g/mol. The van der Waals surface area contributed by atoms with E-state index in [1.807, 2.05) is 24.3 Å². The van der Waals surface area contributed by atoms with Crippen molar-refractivity contribution < 1.29 is 9.59 Å². The van der Waals surface area contributed by atoms with Crippen LogP contribution in [-0.4, -0.2) is 34.6 Å². The molecule has 2 heterocycles. The molecule has 20 heavy (non-hydrogen) atoms. The number of benzene rings is 1. The molecule has 2 aromatic rings. The van der Waals surface area contributed by atoms with Crippen LogP contribution in [-0.2, 0) is 4.79 Å². The number of hydrogen-bond acceptors (Lipinski definition) is 3. The lowest BCUT2D eigenvalue weighted by Crippen LogP contribution is -2.45. The van der Waals surface area contributed by atoms with Gasteiger partial charge in [0, 0.05) is 11.9 Å². The quantitative estimate of drug-likeness (QED) is 0.761. The lowest BCUT2D eigenvalue weighted by atomic mass is 10.1. The molecule has 1 aliphatic heterocycles. The van der Waals surface area contributed by atoms with Gasteiger partial charge in [0.1, 0.15) is 6.04 Å². The van der Waals surface area contributed by atoms with E-state index in [-0.39, 0.29) is 11.8 Å². The van der Waals surface area contributed by atoms with Gasteiger partial charge in [-0.05, 0) is 25.3 Å². The SMILES string of the molecule is O=C(N[C@H]1CCCCNC1=O)c1n[nH]c2ccccc12. The number of carbonyl (C=O) groups is 2. The maximum atomic E-state index is 12.3. The van der Waals surface area contributed by atoms with E-state index in [1.54, 1.807) is 0 Å². The Morgan fingerprint density at radius 3 is 3.05 bits per heavy atom. The van der Waals surface area contributed by atoms with Gasteiger partial charge in [0.05, 0.1) is 5.52 Å². The van der Waals surface area contributed by atoms with E-state index < -0.39 is 6.04 Å². The van der Waals surface area contributed by atoms with Crippen LogP contribution in [0.15, 0.2) is 24.3 Å². The van der Waals surface area contributed by atoms with Crippen LogP contribution in [0.5, 0.6) is 0 Å². The van der Waals surface area contributed by atoms with E-state index in [9.17, 15) is 9.59 Å². The molecule has 0 unspecified atom stereocenters. The van der Waals surface area contributed by atoms with Crippen LogP contribution < -0.4 is 10.6 Å². The maximum absolute atomic E-state index is 12.3. The van der Waals surface area contributed by atoms with E-state index in [0.29, 0.717) is 18.7 Å². The fourth-order valence-electron chi connectivity index (χ4n) is 2.44. The second kappa shape index (κ2) is 5.32. The summed E-state index contributed by atoms with van der Waals surface area (Å²) in [7, 11) is 0. The van der Waals surface area contributed by atoms with Crippen molar-refractivity contribution in [2.75, 3.05) is 6.54 Å². The van der Waals surface area contributed by atoms with Crippen molar-refractivity contribution >= 4 is 22.7 Å². The number of nitrogens with one attached hydrogen (secondary N) is 3. The molecule has 0 saturated carbocycles. The minimum Gasteiger partial charge on any atom is -0.354 e. The molecule has 1 aliphatic rings. The third kappa shape index (κ3) is 2.36. The van der Waals surface area contributed by atoms with E-state index >= 15 is 0 Å². The molecular formula is C14H16N4O2. The number of hydrogen-bond donors (Lipinski definition) is 3. The van der Waals surface area contributed by atoms with Crippen molar-refractivity contribution in [3.8, 4) is 0 Å². The molecule has 0 spiro atoms. The average Bonchev–Trinajstić information content (AvgIpc) is 2.79. The van der Waals surface area contributed by atoms with Crippen molar-refractivity contribution in [1.82, 2.24) is 20.8 Å². The summed E-state index contributed by atoms with van der Waals surface area (Å²) in [5.41, 5.74) is 1.14. The van der Waals surface area contributed by atoms with Crippen molar-refractivity contribution in [3.05, 3.63) is 30.0 Å². The first-order valence-electron chi connectivity index (χ1n) is 6.77. The lowest BCUT2D eigenvalue weighted by molar-refractivity contribution is -0.122. The van der Waals surface area contributed by atoms with Crippen molar-refractivity contribution in [2.24, 2.45) is 0 Å². The number of para-hydroxylation sites is 1. The smallest absolute Gasteiger partial charge is 0.273 e. The molecule has 1 atom stereocenters. The molecule has 6 nitrogen and oxygen atoms in total. The zero-order valence-corrected chi connectivity index (χ0v) is 11.0. The molecule has 104 valence electrons. The summed E-state index contributed by atoms with van der Waals surface area (Å²) in [6.07, 6.45) is 2.54. The number of carbonyl (C=O) groups excluding carboxylic acids is 2. The highest BCUT2D eigenvalue weighted by molar-refractivity contribution is 6.05. The summed E-state index contributed by atoms with van der Waals surface area (Å²) >= 11 is 0. The Balaban J connectivity index is 1.80. The Kier molecular flexibility index (Phi) is 3.37. The van der Waals surface area contributed by atoms with Crippen LogP contribution in [0.3, 0.4) is 0 Å². The van der Waals surface area contributed by atoms with Gasteiger partial charge in [0.2, 0.25) is 5.91 Å². The summed E-state index contributed by atoms with van der Waals surface area (Å²) in [4.78, 5) is 24.1. The van der Waals surface area contributed by atoms with Gasteiger partial charge in [-0.2, -0.15) is 5.10 Å². The Hall–Kier alpha value is -2.37. The number of aromatic nitrogens is 2. The molecular weight excluding hydrogens is 256 g/mol. The summed E-state index contributed by atoms with van der Waals surface area (Å²) in [5.74, 6) is -0.430. The standard InChI is InChI=1S/C14H16N4O2/c19-13-11(7-3-4-8-15-13)16-14(20)12-9-5-1-2-6-10(9)17-18-12/h1-2,5-6,11H,3-4,7-8H2,(H,15,19)(H,16,20)(H,17,18)/t11-/m0/s1. The van der Waals surface area contributed by atoms with Crippen LogP contribution in [0.25, 0.3) is 10.9 Å². The number of fused-ring (bicyclic) bond motifs is 1. The Bertz CT molecular complexity index is 649.